The maximum Gasteiger partial charge on any atom is 0.326 e. The molecule has 1 unspecified atom stereocenters. The molecule has 1 aromatic heterocycles. The summed E-state index contributed by atoms with van der Waals surface area (Å²) in [7, 11) is 0. The standard InChI is InChI=1S/C11H19N3O2/c1-4-5-13-10(11(15)16)9-6-12-7-14(9)8(2)3/h6-8,10,13H,4-5H2,1-3H3,(H,15,16). The lowest BCUT2D eigenvalue weighted by Gasteiger charge is -2.18. The van der Waals surface area contributed by atoms with Gasteiger partial charge in [-0.15, -0.1) is 0 Å². The molecule has 1 rings (SSSR count). The first-order valence-corrected chi connectivity index (χ1v) is 5.55. The lowest BCUT2D eigenvalue weighted by molar-refractivity contribution is -0.139. The van der Waals surface area contributed by atoms with E-state index in [2.05, 4.69) is 10.3 Å². The van der Waals surface area contributed by atoms with Crippen molar-refractivity contribution in [3.05, 3.63) is 18.2 Å². The number of carboxylic acid groups (broad SMARTS) is 1. The van der Waals surface area contributed by atoms with Gasteiger partial charge in [0.05, 0.1) is 18.2 Å². The summed E-state index contributed by atoms with van der Waals surface area (Å²) < 4.78 is 1.88. The normalized spacial score (nSPS) is 13.0. The van der Waals surface area contributed by atoms with Crippen LogP contribution in [-0.4, -0.2) is 27.2 Å². The molecule has 5 heteroatoms. The van der Waals surface area contributed by atoms with E-state index in [-0.39, 0.29) is 6.04 Å². The Morgan fingerprint density at radius 3 is 2.81 bits per heavy atom. The molecule has 1 heterocycles. The van der Waals surface area contributed by atoms with Gasteiger partial charge in [-0.3, -0.25) is 10.1 Å². The van der Waals surface area contributed by atoms with Crippen LogP contribution in [0.4, 0.5) is 0 Å². The summed E-state index contributed by atoms with van der Waals surface area (Å²) in [6.07, 6.45) is 4.19. The number of carboxylic acids is 1. The number of rotatable bonds is 6. The summed E-state index contributed by atoms with van der Waals surface area (Å²) >= 11 is 0. The van der Waals surface area contributed by atoms with Crippen molar-refractivity contribution in [1.29, 1.82) is 0 Å². The molecular formula is C11H19N3O2. The Morgan fingerprint density at radius 1 is 1.62 bits per heavy atom. The second kappa shape index (κ2) is 5.65. The van der Waals surface area contributed by atoms with Gasteiger partial charge < -0.3 is 9.67 Å². The van der Waals surface area contributed by atoms with Crippen LogP contribution in [0.2, 0.25) is 0 Å². The molecule has 0 fully saturated rings. The maximum absolute atomic E-state index is 11.2. The van der Waals surface area contributed by atoms with Gasteiger partial charge in [-0.05, 0) is 26.8 Å². The lowest BCUT2D eigenvalue weighted by Crippen LogP contribution is -2.31. The molecule has 0 bridgehead atoms. The molecule has 0 aliphatic heterocycles. The highest BCUT2D eigenvalue weighted by atomic mass is 16.4. The molecule has 0 spiro atoms. The number of aromatic nitrogens is 2. The van der Waals surface area contributed by atoms with Crippen LogP contribution < -0.4 is 5.32 Å². The van der Waals surface area contributed by atoms with Crippen molar-refractivity contribution in [3.63, 3.8) is 0 Å². The van der Waals surface area contributed by atoms with E-state index in [0.29, 0.717) is 12.2 Å². The second-order valence-corrected chi connectivity index (χ2v) is 4.04. The third-order valence-corrected chi connectivity index (χ3v) is 2.39. The van der Waals surface area contributed by atoms with Crippen LogP contribution in [0.5, 0.6) is 0 Å². The van der Waals surface area contributed by atoms with E-state index in [1.165, 1.54) is 0 Å². The number of aliphatic carboxylic acids is 1. The molecule has 0 aliphatic rings. The number of nitrogens with zero attached hydrogens (tertiary/aromatic N) is 2. The van der Waals surface area contributed by atoms with Gasteiger partial charge in [-0.1, -0.05) is 6.92 Å². The molecule has 1 aromatic rings. The van der Waals surface area contributed by atoms with Crippen molar-refractivity contribution in [2.75, 3.05) is 6.54 Å². The SMILES string of the molecule is CCCNC(C(=O)O)c1cncn1C(C)C. The van der Waals surface area contributed by atoms with E-state index in [9.17, 15) is 9.90 Å². The monoisotopic (exact) mass is 225 g/mol. The molecule has 0 saturated heterocycles. The van der Waals surface area contributed by atoms with Crippen molar-refractivity contribution in [1.82, 2.24) is 14.9 Å². The minimum Gasteiger partial charge on any atom is -0.480 e. The van der Waals surface area contributed by atoms with Gasteiger partial charge in [0.15, 0.2) is 0 Å². The maximum atomic E-state index is 11.2. The van der Waals surface area contributed by atoms with Crippen molar-refractivity contribution >= 4 is 5.97 Å². The molecule has 0 radical (unpaired) electrons. The van der Waals surface area contributed by atoms with Gasteiger partial charge in [0.2, 0.25) is 0 Å². The summed E-state index contributed by atoms with van der Waals surface area (Å²) in [5, 5.41) is 12.2. The first-order chi connectivity index (χ1) is 7.57. The third-order valence-electron chi connectivity index (χ3n) is 2.39. The molecule has 16 heavy (non-hydrogen) atoms. The smallest absolute Gasteiger partial charge is 0.326 e. The number of imidazole rings is 1. The molecule has 2 N–H and O–H groups in total. The molecule has 1 atom stereocenters. The zero-order chi connectivity index (χ0) is 12.1. The quantitative estimate of drug-likeness (QED) is 0.771. The minimum absolute atomic E-state index is 0.211. The van der Waals surface area contributed by atoms with E-state index in [0.717, 1.165) is 6.42 Å². The Morgan fingerprint density at radius 2 is 2.31 bits per heavy atom. The molecule has 0 aliphatic carbocycles. The van der Waals surface area contributed by atoms with Crippen molar-refractivity contribution in [2.24, 2.45) is 0 Å². The van der Waals surface area contributed by atoms with E-state index in [4.69, 9.17) is 0 Å². The predicted molar refractivity (Wildman–Crippen MR) is 61.3 cm³/mol. The third kappa shape index (κ3) is 2.82. The fourth-order valence-electron chi connectivity index (χ4n) is 1.58. The molecular weight excluding hydrogens is 206 g/mol. The first-order valence-electron chi connectivity index (χ1n) is 5.55. The number of carbonyl (C=O) groups is 1. The highest BCUT2D eigenvalue weighted by Crippen LogP contribution is 2.17. The summed E-state index contributed by atoms with van der Waals surface area (Å²) in [6, 6.07) is -0.465. The topological polar surface area (TPSA) is 67.2 Å². The number of hydrogen-bond donors (Lipinski definition) is 2. The van der Waals surface area contributed by atoms with Crippen molar-refractivity contribution < 1.29 is 9.90 Å². The second-order valence-electron chi connectivity index (χ2n) is 4.04. The fourth-order valence-corrected chi connectivity index (χ4v) is 1.58. The van der Waals surface area contributed by atoms with Crippen molar-refractivity contribution in [2.45, 2.75) is 39.3 Å². The van der Waals surface area contributed by atoms with E-state index in [1.807, 2.05) is 25.3 Å². The average molecular weight is 225 g/mol. The Kier molecular flexibility index (Phi) is 4.49. The number of nitrogens with one attached hydrogen (secondary N) is 1. The van der Waals surface area contributed by atoms with Gasteiger partial charge in [0, 0.05) is 6.04 Å². The van der Waals surface area contributed by atoms with E-state index < -0.39 is 12.0 Å². The summed E-state index contributed by atoms with van der Waals surface area (Å²) in [5.41, 5.74) is 0.705. The van der Waals surface area contributed by atoms with Gasteiger partial charge in [0.1, 0.15) is 6.04 Å². The molecule has 0 saturated carbocycles. The van der Waals surface area contributed by atoms with E-state index >= 15 is 0 Å². The Hall–Kier alpha value is -1.36. The first kappa shape index (κ1) is 12.7. The lowest BCUT2D eigenvalue weighted by atomic mass is 10.2. The van der Waals surface area contributed by atoms with Crippen LogP contribution in [0.25, 0.3) is 0 Å². The summed E-state index contributed by atoms with van der Waals surface area (Å²) in [5.74, 6) is -0.865. The van der Waals surface area contributed by atoms with Gasteiger partial charge >= 0.3 is 5.97 Å². The van der Waals surface area contributed by atoms with Crippen LogP contribution in [0.3, 0.4) is 0 Å². The van der Waals surface area contributed by atoms with Crippen LogP contribution in [0, 0.1) is 0 Å². The highest BCUT2D eigenvalue weighted by Gasteiger charge is 2.23. The highest BCUT2D eigenvalue weighted by molar-refractivity contribution is 5.74. The largest absolute Gasteiger partial charge is 0.480 e. The zero-order valence-electron chi connectivity index (χ0n) is 9.97. The van der Waals surface area contributed by atoms with Crippen LogP contribution in [0.15, 0.2) is 12.5 Å². The molecule has 0 amide bonds. The average Bonchev–Trinajstić information content (AvgIpc) is 2.66. The summed E-state index contributed by atoms with van der Waals surface area (Å²) in [4.78, 5) is 15.2. The van der Waals surface area contributed by atoms with Gasteiger partial charge in [-0.2, -0.15) is 0 Å². The Balaban J connectivity index is 2.92. The van der Waals surface area contributed by atoms with Crippen LogP contribution >= 0.6 is 0 Å². The minimum atomic E-state index is -0.865. The van der Waals surface area contributed by atoms with E-state index in [1.54, 1.807) is 12.5 Å². The number of hydrogen-bond acceptors (Lipinski definition) is 3. The Bertz CT molecular complexity index is 347. The van der Waals surface area contributed by atoms with Crippen molar-refractivity contribution in [3.8, 4) is 0 Å². The fraction of sp³-hybridized carbons (Fsp3) is 0.636. The van der Waals surface area contributed by atoms with Crippen LogP contribution in [0.1, 0.15) is 45.0 Å². The molecule has 90 valence electrons. The van der Waals surface area contributed by atoms with Crippen LogP contribution in [-0.2, 0) is 4.79 Å². The zero-order valence-corrected chi connectivity index (χ0v) is 9.97. The Labute approximate surface area is 95.5 Å². The molecule has 5 nitrogen and oxygen atoms in total. The van der Waals surface area contributed by atoms with Gasteiger partial charge in [-0.25, -0.2) is 4.98 Å². The predicted octanol–water partition coefficient (Wildman–Crippen LogP) is 1.59. The molecule has 0 aromatic carbocycles. The summed E-state index contributed by atoms with van der Waals surface area (Å²) in [6.45, 7) is 6.69. The van der Waals surface area contributed by atoms with Gasteiger partial charge in [0.25, 0.3) is 0 Å².